The van der Waals surface area contributed by atoms with E-state index >= 15 is 0 Å². The lowest BCUT2D eigenvalue weighted by molar-refractivity contribution is 0.102. The van der Waals surface area contributed by atoms with E-state index in [1.807, 2.05) is 35.9 Å². The first-order chi connectivity index (χ1) is 13.6. The monoisotopic (exact) mass is 396 g/mol. The van der Waals surface area contributed by atoms with Crippen molar-refractivity contribution >= 4 is 23.2 Å². The zero-order valence-corrected chi connectivity index (χ0v) is 16.2. The van der Waals surface area contributed by atoms with Crippen molar-refractivity contribution in [1.29, 1.82) is 0 Å². The van der Waals surface area contributed by atoms with Crippen LogP contribution < -0.4 is 10.6 Å². The van der Waals surface area contributed by atoms with Gasteiger partial charge in [0.2, 0.25) is 0 Å². The first kappa shape index (κ1) is 18.6. The van der Waals surface area contributed by atoms with E-state index in [9.17, 15) is 4.79 Å². The van der Waals surface area contributed by atoms with Gasteiger partial charge in [0.1, 0.15) is 0 Å². The highest BCUT2D eigenvalue weighted by Crippen LogP contribution is 2.35. The number of nitrogens with one attached hydrogen (secondary N) is 2. The minimum Gasteiger partial charge on any atom is -0.322 e. The number of nitrogens with zero attached hydrogens (tertiary/aromatic N) is 4. The molecule has 1 aliphatic rings. The van der Waals surface area contributed by atoms with E-state index < -0.39 is 0 Å². The first-order valence-corrected chi connectivity index (χ1v) is 9.65. The normalized spacial score (nSPS) is 14.6. The maximum Gasteiger partial charge on any atom is 0.257 e. The van der Waals surface area contributed by atoms with Crippen molar-refractivity contribution in [3.63, 3.8) is 0 Å². The Morgan fingerprint density at radius 2 is 2.07 bits per heavy atom. The van der Waals surface area contributed by atoms with Gasteiger partial charge in [0.25, 0.3) is 5.91 Å². The van der Waals surface area contributed by atoms with Crippen molar-refractivity contribution in [1.82, 2.24) is 25.5 Å². The standard InChI is InChI=1S/C20H21ClN6O/c1-13(19-24-25-26-27(19)16-9-10-16)22-12-14-5-4-6-15(11-14)23-20(28)17-7-2-3-8-18(17)21/h2-8,11,13,16,22H,9-10,12H2,1H3,(H,23,28). The molecule has 0 bridgehead atoms. The van der Waals surface area contributed by atoms with Gasteiger partial charge in [-0.3, -0.25) is 4.79 Å². The number of carbonyl (C=O) groups excluding carboxylic acids is 1. The van der Waals surface area contributed by atoms with Gasteiger partial charge >= 0.3 is 0 Å². The number of aromatic nitrogens is 4. The predicted octanol–water partition coefficient (Wildman–Crippen LogP) is 3.76. The molecule has 1 atom stereocenters. The summed E-state index contributed by atoms with van der Waals surface area (Å²) in [4.78, 5) is 12.4. The lowest BCUT2D eigenvalue weighted by atomic mass is 10.1. The Balaban J connectivity index is 1.39. The predicted molar refractivity (Wildman–Crippen MR) is 107 cm³/mol. The maximum absolute atomic E-state index is 12.4. The molecule has 1 aliphatic carbocycles. The van der Waals surface area contributed by atoms with E-state index in [4.69, 9.17) is 11.6 Å². The van der Waals surface area contributed by atoms with E-state index in [-0.39, 0.29) is 11.9 Å². The van der Waals surface area contributed by atoms with Gasteiger partial charge in [0.05, 0.1) is 22.7 Å². The SMILES string of the molecule is CC(NCc1cccc(NC(=O)c2ccccc2Cl)c1)c1nnnn1C1CC1. The molecule has 1 heterocycles. The Morgan fingerprint density at radius 1 is 1.25 bits per heavy atom. The van der Waals surface area contributed by atoms with E-state index in [1.165, 1.54) is 0 Å². The summed E-state index contributed by atoms with van der Waals surface area (Å²) < 4.78 is 1.91. The van der Waals surface area contributed by atoms with Gasteiger partial charge in [-0.2, -0.15) is 0 Å². The highest BCUT2D eigenvalue weighted by Gasteiger charge is 2.29. The van der Waals surface area contributed by atoms with Crippen LogP contribution in [0.5, 0.6) is 0 Å². The Labute approximate surface area is 168 Å². The van der Waals surface area contributed by atoms with Crippen molar-refractivity contribution in [3.05, 3.63) is 70.5 Å². The molecule has 3 aromatic rings. The number of halogens is 1. The summed E-state index contributed by atoms with van der Waals surface area (Å²) in [7, 11) is 0. The summed E-state index contributed by atoms with van der Waals surface area (Å²) >= 11 is 6.10. The van der Waals surface area contributed by atoms with Crippen LogP contribution in [0.2, 0.25) is 5.02 Å². The fraction of sp³-hybridized carbons (Fsp3) is 0.300. The molecule has 1 amide bonds. The quantitative estimate of drug-likeness (QED) is 0.635. The molecule has 1 unspecified atom stereocenters. The highest BCUT2D eigenvalue weighted by atomic mass is 35.5. The molecule has 8 heteroatoms. The minimum atomic E-state index is -0.229. The zero-order chi connectivity index (χ0) is 19.5. The molecule has 2 aromatic carbocycles. The number of hydrogen-bond acceptors (Lipinski definition) is 5. The fourth-order valence-electron chi connectivity index (χ4n) is 3.03. The number of carbonyl (C=O) groups is 1. The van der Waals surface area contributed by atoms with Crippen LogP contribution in [-0.2, 0) is 6.54 Å². The number of hydrogen-bond donors (Lipinski definition) is 2. The summed E-state index contributed by atoms with van der Waals surface area (Å²) in [6.45, 7) is 2.68. The Morgan fingerprint density at radius 3 is 2.86 bits per heavy atom. The second kappa shape index (κ2) is 8.08. The second-order valence-electron chi connectivity index (χ2n) is 6.95. The summed E-state index contributed by atoms with van der Waals surface area (Å²) in [6, 6.07) is 15.2. The Hall–Kier alpha value is -2.77. The van der Waals surface area contributed by atoms with Crippen molar-refractivity contribution < 1.29 is 4.79 Å². The number of amides is 1. The molecular formula is C20H21ClN6O. The molecule has 4 rings (SSSR count). The third-order valence-electron chi connectivity index (χ3n) is 4.71. The zero-order valence-electron chi connectivity index (χ0n) is 15.5. The highest BCUT2D eigenvalue weighted by molar-refractivity contribution is 6.34. The molecule has 28 heavy (non-hydrogen) atoms. The lowest BCUT2D eigenvalue weighted by Gasteiger charge is -2.14. The molecule has 1 fully saturated rings. The average Bonchev–Trinajstić information content (AvgIpc) is 3.43. The van der Waals surface area contributed by atoms with E-state index in [0.717, 1.165) is 29.9 Å². The molecule has 144 valence electrons. The van der Waals surface area contributed by atoms with Crippen LogP contribution >= 0.6 is 11.6 Å². The van der Waals surface area contributed by atoms with Gasteiger partial charge < -0.3 is 10.6 Å². The largest absolute Gasteiger partial charge is 0.322 e. The van der Waals surface area contributed by atoms with E-state index in [2.05, 4.69) is 26.2 Å². The minimum absolute atomic E-state index is 0.0250. The van der Waals surface area contributed by atoms with E-state index in [0.29, 0.717) is 23.2 Å². The van der Waals surface area contributed by atoms with Crippen LogP contribution in [-0.4, -0.2) is 26.1 Å². The molecule has 0 saturated heterocycles. The van der Waals surface area contributed by atoms with Crippen molar-refractivity contribution in [2.24, 2.45) is 0 Å². The molecule has 1 aromatic heterocycles. The van der Waals surface area contributed by atoms with Gasteiger partial charge in [0, 0.05) is 12.2 Å². The van der Waals surface area contributed by atoms with Crippen LogP contribution in [0.1, 0.15) is 53.6 Å². The first-order valence-electron chi connectivity index (χ1n) is 9.28. The van der Waals surface area contributed by atoms with Crippen LogP contribution in [0.15, 0.2) is 48.5 Å². The van der Waals surface area contributed by atoms with Crippen LogP contribution in [0.25, 0.3) is 0 Å². The fourth-order valence-corrected chi connectivity index (χ4v) is 3.25. The van der Waals surface area contributed by atoms with E-state index in [1.54, 1.807) is 24.3 Å². The molecular weight excluding hydrogens is 376 g/mol. The number of anilines is 1. The lowest BCUT2D eigenvalue weighted by Crippen LogP contribution is -2.22. The third-order valence-corrected chi connectivity index (χ3v) is 5.04. The van der Waals surface area contributed by atoms with Gasteiger partial charge in [0.15, 0.2) is 5.82 Å². The average molecular weight is 397 g/mol. The van der Waals surface area contributed by atoms with Gasteiger partial charge in [-0.25, -0.2) is 4.68 Å². The number of benzene rings is 2. The van der Waals surface area contributed by atoms with Crippen LogP contribution in [0, 0.1) is 0 Å². The molecule has 0 spiro atoms. The molecule has 0 aliphatic heterocycles. The van der Waals surface area contributed by atoms with Crippen molar-refractivity contribution in [2.75, 3.05) is 5.32 Å². The smallest absolute Gasteiger partial charge is 0.257 e. The molecule has 7 nitrogen and oxygen atoms in total. The number of tetrazole rings is 1. The van der Waals surface area contributed by atoms with Crippen molar-refractivity contribution in [2.45, 2.75) is 38.4 Å². The maximum atomic E-state index is 12.4. The van der Waals surface area contributed by atoms with Crippen LogP contribution in [0.4, 0.5) is 5.69 Å². The van der Waals surface area contributed by atoms with Gasteiger partial charge in [-0.15, -0.1) is 5.10 Å². The van der Waals surface area contributed by atoms with Gasteiger partial charge in [-0.05, 0) is 60.0 Å². The Bertz CT molecular complexity index is 984. The van der Waals surface area contributed by atoms with Gasteiger partial charge in [-0.1, -0.05) is 35.9 Å². The summed E-state index contributed by atoms with van der Waals surface area (Å²) in [6.07, 6.45) is 2.27. The van der Waals surface area contributed by atoms with Crippen LogP contribution in [0.3, 0.4) is 0 Å². The molecule has 2 N–H and O–H groups in total. The number of rotatable bonds is 7. The molecule has 0 radical (unpaired) electrons. The summed E-state index contributed by atoms with van der Waals surface area (Å²) in [5.74, 6) is 0.623. The Kier molecular flexibility index (Phi) is 5.36. The van der Waals surface area contributed by atoms with Crippen molar-refractivity contribution in [3.8, 4) is 0 Å². The third kappa shape index (κ3) is 4.21. The molecule has 1 saturated carbocycles. The second-order valence-corrected chi connectivity index (χ2v) is 7.36. The summed E-state index contributed by atoms with van der Waals surface area (Å²) in [5, 5.41) is 18.8. The topological polar surface area (TPSA) is 84.7 Å². The summed E-state index contributed by atoms with van der Waals surface area (Å²) in [5.41, 5.74) is 2.22.